The van der Waals surface area contributed by atoms with Crippen molar-refractivity contribution in [3.8, 4) is 0 Å². The third-order valence-electron chi connectivity index (χ3n) is 3.69. The lowest BCUT2D eigenvalue weighted by atomic mass is 10.2. The van der Waals surface area contributed by atoms with Crippen molar-refractivity contribution in [3.63, 3.8) is 0 Å². The first-order valence-corrected chi connectivity index (χ1v) is 8.52. The van der Waals surface area contributed by atoms with Gasteiger partial charge in [0, 0.05) is 0 Å². The second kappa shape index (κ2) is 6.10. The second-order valence-corrected chi connectivity index (χ2v) is 6.60. The Bertz CT molecular complexity index is 854. The number of benzene rings is 1. The molecule has 6 nitrogen and oxygen atoms in total. The summed E-state index contributed by atoms with van der Waals surface area (Å²) in [6, 6.07) is 14.0. The van der Waals surface area contributed by atoms with E-state index in [1.807, 2.05) is 30.3 Å². The van der Waals surface area contributed by atoms with Crippen LogP contribution in [0.25, 0.3) is 0 Å². The van der Waals surface area contributed by atoms with Crippen molar-refractivity contribution in [3.05, 3.63) is 71.9 Å². The molecule has 2 N–H and O–H groups in total. The van der Waals surface area contributed by atoms with Crippen LogP contribution in [-0.2, 0) is 6.42 Å². The van der Waals surface area contributed by atoms with E-state index >= 15 is 0 Å². The second-order valence-electron chi connectivity index (χ2n) is 5.38. The molecule has 4 rings (SSSR count). The van der Waals surface area contributed by atoms with Crippen molar-refractivity contribution in [2.24, 2.45) is 20.8 Å². The Balaban J connectivity index is 1.52. The van der Waals surface area contributed by atoms with Crippen LogP contribution in [-0.4, -0.2) is 27.8 Å². The maximum absolute atomic E-state index is 5.92. The molecule has 2 aromatic rings. The van der Waals surface area contributed by atoms with E-state index < -0.39 is 0 Å². The van der Waals surface area contributed by atoms with E-state index in [0.717, 1.165) is 18.0 Å². The molecule has 1 atom stereocenters. The van der Waals surface area contributed by atoms with Gasteiger partial charge in [-0.2, -0.15) is 9.98 Å². The van der Waals surface area contributed by atoms with Gasteiger partial charge in [-0.3, -0.25) is 0 Å². The zero-order valence-electron chi connectivity index (χ0n) is 12.9. The molecule has 0 bridgehead atoms. The molecular formula is C17H16N5OS+. The number of quaternary nitrogens is 1. The first-order valence-electron chi connectivity index (χ1n) is 7.58. The van der Waals surface area contributed by atoms with Crippen molar-refractivity contribution in [2.75, 3.05) is 5.75 Å². The number of fused-ring (bicyclic) bond motifs is 1. The Morgan fingerprint density at radius 1 is 1.12 bits per heavy atom. The largest absolute Gasteiger partial charge is 0.461 e. The third-order valence-corrected chi connectivity index (χ3v) is 4.83. The molecule has 24 heavy (non-hydrogen) atoms. The zero-order chi connectivity index (χ0) is 16.4. The minimum atomic E-state index is 0.142. The maximum atomic E-state index is 5.92. The Hall–Kier alpha value is -2.64. The van der Waals surface area contributed by atoms with Crippen LogP contribution in [0.5, 0.6) is 0 Å². The topological polar surface area (TPSA) is 76.2 Å². The van der Waals surface area contributed by atoms with Crippen molar-refractivity contribution in [2.45, 2.75) is 6.42 Å². The lowest BCUT2D eigenvalue weighted by molar-refractivity contribution is -0.650. The van der Waals surface area contributed by atoms with Crippen LogP contribution in [0.15, 0.2) is 80.1 Å². The monoisotopic (exact) mass is 338 g/mol. The minimum Gasteiger partial charge on any atom is -0.461 e. The Morgan fingerprint density at radius 2 is 2.00 bits per heavy atom. The molecule has 0 radical (unpaired) electrons. The highest BCUT2D eigenvalue weighted by Crippen LogP contribution is 2.36. The van der Waals surface area contributed by atoms with E-state index in [1.165, 1.54) is 5.56 Å². The van der Waals surface area contributed by atoms with Gasteiger partial charge >= 0.3 is 0 Å². The first kappa shape index (κ1) is 14.9. The van der Waals surface area contributed by atoms with Crippen molar-refractivity contribution in [1.29, 1.82) is 0 Å². The van der Waals surface area contributed by atoms with E-state index in [9.17, 15) is 0 Å². The molecule has 0 fully saturated rings. The predicted octanol–water partition coefficient (Wildman–Crippen LogP) is 2.90. The van der Waals surface area contributed by atoms with Gasteiger partial charge in [0.05, 0.1) is 18.1 Å². The van der Waals surface area contributed by atoms with Crippen molar-refractivity contribution in [1.82, 2.24) is 0 Å². The molecule has 7 heteroatoms. The van der Waals surface area contributed by atoms with Gasteiger partial charge in [0.25, 0.3) is 5.82 Å². The summed E-state index contributed by atoms with van der Waals surface area (Å²) in [6.45, 7) is 0. The summed E-state index contributed by atoms with van der Waals surface area (Å²) in [5.41, 5.74) is 7.21. The summed E-state index contributed by atoms with van der Waals surface area (Å²) in [7, 11) is 0. The number of aryl methyl sites for hydroxylation is 1. The molecule has 0 saturated carbocycles. The van der Waals surface area contributed by atoms with E-state index in [4.69, 9.17) is 10.2 Å². The van der Waals surface area contributed by atoms with Gasteiger partial charge in [0.15, 0.2) is 11.6 Å². The predicted molar refractivity (Wildman–Crippen MR) is 96.3 cm³/mol. The van der Waals surface area contributed by atoms with Gasteiger partial charge in [0.2, 0.25) is 12.2 Å². The van der Waals surface area contributed by atoms with Crippen LogP contribution in [0.4, 0.5) is 0 Å². The van der Waals surface area contributed by atoms with Gasteiger partial charge in [-0.1, -0.05) is 30.3 Å². The first-order chi connectivity index (χ1) is 11.8. The number of amidine groups is 2. The van der Waals surface area contributed by atoms with Crippen LogP contribution in [0.2, 0.25) is 0 Å². The standard InChI is InChI=1S/C17H16N5OS/c18-15-11-16-20-17(14-7-4-9-23-14)19-12-22(16,21-15)24-10-8-13-5-2-1-3-6-13/h1-7,9,11-12H,8,10H2,(H2,18,21)/q+1. The van der Waals surface area contributed by atoms with E-state index in [2.05, 4.69) is 27.2 Å². The Labute approximate surface area is 143 Å². The summed E-state index contributed by atoms with van der Waals surface area (Å²) < 4.78 is 5.51. The summed E-state index contributed by atoms with van der Waals surface area (Å²) in [5.74, 6) is 3.23. The highest BCUT2D eigenvalue weighted by Gasteiger charge is 2.42. The summed E-state index contributed by atoms with van der Waals surface area (Å²) in [6.07, 6.45) is 6.08. The summed E-state index contributed by atoms with van der Waals surface area (Å²) in [5, 5.41) is 4.50. The summed E-state index contributed by atoms with van der Waals surface area (Å²) in [4.78, 5) is 9.00. The Morgan fingerprint density at radius 3 is 2.79 bits per heavy atom. The van der Waals surface area contributed by atoms with Gasteiger partial charge in [-0.25, -0.2) is 0 Å². The van der Waals surface area contributed by atoms with Crippen molar-refractivity contribution >= 4 is 30.0 Å². The number of hydrogen-bond donors (Lipinski definition) is 1. The highest BCUT2D eigenvalue weighted by molar-refractivity contribution is 7.94. The molecule has 3 heterocycles. The molecule has 1 aromatic carbocycles. The summed E-state index contributed by atoms with van der Waals surface area (Å²) >= 11 is 1.63. The van der Waals surface area contributed by atoms with Crippen LogP contribution >= 0.6 is 11.9 Å². The minimum absolute atomic E-state index is 0.142. The molecular weight excluding hydrogens is 322 g/mol. The molecule has 1 aromatic heterocycles. The fourth-order valence-electron chi connectivity index (χ4n) is 2.54. The third kappa shape index (κ3) is 2.79. The maximum Gasteiger partial charge on any atom is 0.278 e. The molecule has 120 valence electrons. The quantitative estimate of drug-likeness (QED) is 0.673. The molecule has 2 aliphatic heterocycles. The van der Waals surface area contributed by atoms with Gasteiger partial charge in [0.1, 0.15) is 11.9 Å². The number of aliphatic imine (C=N–C) groups is 2. The lowest BCUT2D eigenvalue weighted by Gasteiger charge is -2.22. The average molecular weight is 338 g/mol. The smallest absolute Gasteiger partial charge is 0.278 e. The average Bonchev–Trinajstić information content (AvgIpc) is 3.22. The normalized spacial score (nSPS) is 21.9. The number of furan rings is 1. The van der Waals surface area contributed by atoms with Crippen LogP contribution < -0.4 is 5.73 Å². The van der Waals surface area contributed by atoms with Crippen LogP contribution in [0.1, 0.15) is 11.3 Å². The number of hydrogen-bond acceptors (Lipinski definition) is 6. The molecule has 2 aliphatic rings. The SMILES string of the molecule is NC1=N[N+]2(SCCc3ccccc3)C=NC(c3ccco3)=NC2=C1. The molecule has 0 aliphatic carbocycles. The number of nitrogens with two attached hydrogens (primary N) is 1. The number of nitrogens with zero attached hydrogens (tertiary/aromatic N) is 4. The molecule has 0 amide bonds. The Kier molecular flexibility index (Phi) is 3.79. The van der Waals surface area contributed by atoms with Gasteiger partial charge in [-0.05, 0) is 33.2 Å². The zero-order valence-corrected chi connectivity index (χ0v) is 13.7. The van der Waals surface area contributed by atoms with E-state index in [0.29, 0.717) is 17.4 Å². The molecule has 0 saturated heterocycles. The van der Waals surface area contributed by atoms with E-state index in [1.54, 1.807) is 30.6 Å². The van der Waals surface area contributed by atoms with Crippen LogP contribution in [0.3, 0.4) is 0 Å². The fourth-order valence-corrected chi connectivity index (χ4v) is 3.63. The fraction of sp³-hybridized carbons (Fsp3) is 0.118. The van der Waals surface area contributed by atoms with Gasteiger partial charge in [-0.15, -0.1) is 0 Å². The molecule has 1 unspecified atom stereocenters. The number of rotatable bonds is 5. The lowest BCUT2D eigenvalue weighted by Crippen LogP contribution is -2.34. The van der Waals surface area contributed by atoms with Crippen molar-refractivity contribution < 1.29 is 8.41 Å². The van der Waals surface area contributed by atoms with Gasteiger partial charge < -0.3 is 10.2 Å². The van der Waals surface area contributed by atoms with E-state index in [-0.39, 0.29) is 4.00 Å². The van der Waals surface area contributed by atoms with Crippen LogP contribution in [0, 0.1) is 0 Å². The molecule has 0 spiro atoms. The highest BCUT2D eigenvalue weighted by atomic mass is 32.2.